The second-order valence-corrected chi connectivity index (χ2v) is 8.40. The third-order valence-electron chi connectivity index (χ3n) is 5.14. The molecule has 0 radical (unpaired) electrons. The normalized spacial score (nSPS) is 16.7. The van der Waals surface area contributed by atoms with Gasteiger partial charge in [-0.25, -0.2) is 14.4 Å². The second-order valence-electron chi connectivity index (χ2n) is 7.39. The summed E-state index contributed by atoms with van der Waals surface area (Å²) in [7, 11) is 0. The Bertz CT molecular complexity index is 1190. The Morgan fingerprint density at radius 1 is 1.13 bits per heavy atom. The maximum atomic E-state index is 13.2. The number of benzene rings is 1. The highest BCUT2D eigenvalue weighted by Gasteiger charge is 2.32. The number of rotatable bonds is 4. The van der Waals surface area contributed by atoms with E-state index in [1.54, 1.807) is 17.0 Å². The van der Waals surface area contributed by atoms with Gasteiger partial charge < -0.3 is 4.57 Å². The standard InChI is InChI=1S/C24H23FN4OS/c1-5-28-23(30)21(31-24(28)27-20-9-7-19(25)8-10-20)13-18-12-16(3)29(17(18)4)22-11-6-15(2)14-26-22/h6-14H,5H2,1-4H3/b21-13+,27-24?. The van der Waals surface area contributed by atoms with Gasteiger partial charge in [-0.2, -0.15) is 0 Å². The van der Waals surface area contributed by atoms with Crippen LogP contribution in [0.2, 0.25) is 0 Å². The molecule has 3 heterocycles. The molecule has 0 spiro atoms. The van der Waals surface area contributed by atoms with Gasteiger partial charge >= 0.3 is 0 Å². The average Bonchev–Trinajstić information content (AvgIpc) is 3.19. The summed E-state index contributed by atoms with van der Waals surface area (Å²) in [6, 6.07) is 12.0. The molecule has 1 aliphatic heterocycles. The number of carbonyl (C=O) groups is 1. The number of thioether (sulfide) groups is 1. The monoisotopic (exact) mass is 434 g/mol. The Morgan fingerprint density at radius 3 is 2.52 bits per heavy atom. The number of aryl methyl sites for hydroxylation is 2. The Morgan fingerprint density at radius 2 is 1.87 bits per heavy atom. The molecular formula is C24H23FN4OS. The van der Waals surface area contributed by atoms with Crippen LogP contribution in [-0.2, 0) is 4.79 Å². The quantitative estimate of drug-likeness (QED) is 0.505. The van der Waals surface area contributed by atoms with Crippen molar-refractivity contribution in [1.82, 2.24) is 14.5 Å². The third-order valence-corrected chi connectivity index (χ3v) is 6.14. The minimum absolute atomic E-state index is 0.0772. The number of hydrogen-bond donors (Lipinski definition) is 0. The van der Waals surface area contributed by atoms with E-state index in [4.69, 9.17) is 0 Å². The van der Waals surface area contributed by atoms with Crippen molar-refractivity contribution in [2.45, 2.75) is 27.7 Å². The zero-order valence-electron chi connectivity index (χ0n) is 17.9. The predicted molar refractivity (Wildman–Crippen MR) is 124 cm³/mol. The number of nitrogens with zero attached hydrogens (tertiary/aromatic N) is 4. The summed E-state index contributed by atoms with van der Waals surface area (Å²) in [4.78, 5) is 24.3. The van der Waals surface area contributed by atoms with Crippen LogP contribution in [0.3, 0.4) is 0 Å². The number of hydrogen-bond acceptors (Lipinski definition) is 4. The van der Waals surface area contributed by atoms with Crippen molar-refractivity contribution in [3.63, 3.8) is 0 Å². The highest BCUT2D eigenvalue weighted by Crippen LogP contribution is 2.35. The van der Waals surface area contributed by atoms with E-state index in [0.717, 1.165) is 28.3 Å². The highest BCUT2D eigenvalue weighted by atomic mass is 32.2. The summed E-state index contributed by atoms with van der Waals surface area (Å²) in [6.07, 6.45) is 3.76. The number of pyridine rings is 1. The topological polar surface area (TPSA) is 50.5 Å². The summed E-state index contributed by atoms with van der Waals surface area (Å²) < 4.78 is 15.3. The first-order valence-corrected chi connectivity index (χ1v) is 10.9. The molecule has 0 bridgehead atoms. The molecule has 1 fully saturated rings. The van der Waals surface area contributed by atoms with E-state index >= 15 is 0 Å². The molecule has 158 valence electrons. The molecule has 1 amide bonds. The van der Waals surface area contributed by atoms with Gasteiger partial charge in [-0.05, 0) is 93.1 Å². The molecule has 1 aliphatic rings. The van der Waals surface area contributed by atoms with Crippen LogP contribution in [0.15, 0.2) is 58.6 Å². The molecule has 5 nitrogen and oxygen atoms in total. The first-order chi connectivity index (χ1) is 14.9. The van der Waals surface area contributed by atoms with Crippen LogP contribution in [0.25, 0.3) is 11.9 Å². The van der Waals surface area contributed by atoms with Crippen LogP contribution in [0.5, 0.6) is 0 Å². The number of carbonyl (C=O) groups excluding carboxylic acids is 1. The molecule has 0 saturated carbocycles. The lowest BCUT2D eigenvalue weighted by molar-refractivity contribution is -0.122. The fourth-order valence-electron chi connectivity index (χ4n) is 3.52. The number of aliphatic imine (C=N–C) groups is 1. The Kier molecular flexibility index (Phi) is 5.78. The van der Waals surface area contributed by atoms with Gasteiger partial charge in [0.05, 0.1) is 10.6 Å². The summed E-state index contributed by atoms with van der Waals surface area (Å²) in [5.41, 5.74) is 4.74. The fourth-order valence-corrected chi connectivity index (χ4v) is 4.57. The summed E-state index contributed by atoms with van der Waals surface area (Å²) in [5, 5.41) is 0.597. The number of aromatic nitrogens is 2. The lowest BCUT2D eigenvalue weighted by Gasteiger charge is -2.11. The first-order valence-electron chi connectivity index (χ1n) is 10.0. The number of halogens is 1. The summed E-state index contributed by atoms with van der Waals surface area (Å²) in [5.74, 6) is 0.460. The molecular weight excluding hydrogens is 411 g/mol. The van der Waals surface area contributed by atoms with E-state index in [2.05, 4.69) is 20.6 Å². The van der Waals surface area contributed by atoms with Crippen molar-refractivity contribution in [2.24, 2.45) is 4.99 Å². The molecule has 0 aliphatic carbocycles. The number of likely N-dealkylation sites (N-methyl/N-ethyl adjacent to an activating group) is 1. The van der Waals surface area contributed by atoms with E-state index in [-0.39, 0.29) is 11.7 Å². The molecule has 0 atom stereocenters. The van der Waals surface area contributed by atoms with Crippen molar-refractivity contribution >= 4 is 34.6 Å². The van der Waals surface area contributed by atoms with E-state index in [0.29, 0.717) is 22.3 Å². The molecule has 0 unspecified atom stereocenters. The third kappa shape index (κ3) is 4.18. The first kappa shape index (κ1) is 21.1. The fraction of sp³-hybridized carbons (Fsp3) is 0.208. The molecule has 2 aromatic heterocycles. The van der Waals surface area contributed by atoms with Crippen molar-refractivity contribution in [3.8, 4) is 5.82 Å². The molecule has 1 aromatic carbocycles. The summed E-state index contributed by atoms with van der Waals surface area (Å²) in [6.45, 7) is 8.48. The minimum atomic E-state index is -0.314. The second kappa shape index (κ2) is 8.51. The highest BCUT2D eigenvalue weighted by molar-refractivity contribution is 8.18. The Balaban J connectivity index is 1.69. The van der Waals surface area contributed by atoms with Gasteiger partial charge in [0.1, 0.15) is 11.6 Å². The molecule has 3 aromatic rings. The summed E-state index contributed by atoms with van der Waals surface area (Å²) >= 11 is 1.34. The van der Waals surface area contributed by atoms with Crippen LogP contribution in [0, 0.1) is 26.6 Å². The molecule has 0 N–H and O–H groups in total. The van der Waals surface area contributed by atoms with Crippen LogP contribution in [-0.4, -0.2) is 32.1 Å². The lowest BCUT2D eigenvalue weighted by atomic mass is 10.2. The van der Waals surface area contributed by atoms with Gasteiger partial charge in [0.15, 0.2) is 5.17 Å². The van der Waals surface area contributed by atoms with Crippen molar-refractivity contribution in [1.29, 1.82) is 0 Å². The van der Waals surface area contributed by atoms with Gasteiger partial charge in [-0.1, -0.05) is 6.07 Å². The van der Waals surface area contributed by atoms with Crippen LogP contribution in [0.1, 0.15) is 29.4 Å². The molecule has 1 saturated heterocycles. The molecule has 7 heteroatoms. The maximum Gasteiger partial charge on any atom is 0.266 e. The van der Waals surface area contributed by atoms with E-state index in [1.807, 2.05) is 52.1 Å². The van der Waals surface area contributed by atoms with Gasteiger partial charge in [0.2, 0.25) is 0 Å². The smallest absolute Gasteiger partial charge is 0.266 e. The van der Waals surface area contributed by atoms with Crippen LogP contribution in [0.4, 0.5) is 10.1 Å². The molecule has 4 rings (SSSR count). The minimum Gasteiger partial charge on any atom is -0.303 e. The van der Waals surface area contributed by atoms with Gasteiger partial charge in [-0.3, -0.25) is 9.69 Å². The number of amides is 1. The van der Waals surface area contributed by atoms with Gasteiger partial charge in [0.25, 0.3) is 5.91 Å². The van der Waals surface area contributed by atoms with Gasteiger partial charge in [-0.15, -0.1) is 0 Å². The van der Waals surface area contributed by atoms with Crippen LogP contribution >= 0.6 is 11.8 Å². The Labute approximate surface area is 185 Å². The zero-order chi connectivity index (χ0) is 22.1. The zero-order valence-corrected chi connectivity index (χ0v) is 18.7. The van der Waals surface area contributed by atoms with Crippen molar-refractivity contribution in [3.05, 3.63) is 81.9 Å². The van der Waals surface area contributed by atoms with Crippen molar-refractivity contribution < 1.29 is 9.18 Å². The SMILES string of the molecule is CCN1C(=O)/C(=C\c2cc(C)n(-c3ccc(C)cn3)c2C)SC1=Nc1ccc(F)cc1. The van der Waals surface area contributed by atoms with E-state index in [1.165, 1.54) is 23.9 Å². The predicted octanol–water partition coefficient (Wildman–Crippen LogP) is 5.56. The van der Waals surface area contributed by atoms with Crippen LogP contribution < -0.4 is 0 Å². The maximum absolute atomic E-state index is 13.2. The largest absolute Gasteiger partial charge is 0.303 e. The molecule has 31 heavy (non-hydrogen) atoms. The van der Waals surface area contributed by atoms with E-state index in [9.17, 15) is 9.18 Å². The Hall–Kier alpha value is -3.19. The van der Waals surface area contributed by atoms with Crippen molar-refractivity contribution in [2.75, 3.05) is 6.54 Å². The lowest BCUT2D eigenvalue weighted by Crippen LogP contribution is -2.28. The average molecular weight is 435 g/mol. The van der Waals surface area contributed by atoms with Gasteiger partial charge in [0, 0.05) is 24.1 Å². The van der Waals surface area contributed by atoms with E-state index < -0.39 is 0 Å². The number of amidine groups is 1.